The van der Waals surface area contributed by atoms with Gasteiger partial charge in [-0.2, -0.15) is 0 Å². The van der Waals surface area contributed by atoms with Crippen LogP contribution in [0.3, 0.4) is 0 Å². The molecule has 1 aliphatic carbocycles. The highest BCUT2D eigenvalue weighted by atomic mass is 16.5. The van der Waals surface area contributed by atoms with Crippen molar-refractivity contribution in [3.05, 3.63) is 0 Å². The lowest BCUT2D eigenvalue weighted by molar-refractivity contribution is -0.146. The Labute approximate surface area is 103 Å². The molecule has 0 spiro atoms. The molecule has 1 saturated carbocycles. The first kappa shape index (κ1) is 12.8. The molecule has 0 aromatic carbocycles. The van der Waals surface area contributed by atoms with E-state index in [-0.39, 0.29) is 18.1 Å². The SMILES string of the molecule is CC(OC1CCCC1CN)C(=O)N1CCCC1. The average Bonchev–Trinajstić information content (AvgIpc) is 2.98. The van der Waals surface area contributed by atoms with Crippen LogP contribution in [0.4, 0.5) is 0 Å². The first-order valence-electron chi connectivity index (χ1n) is 6.86. The molecule has 1 aliphatic heterocycles. The van der Waals surface area contributed by atoms with E-state index in [1.165, 1.54) is 6.42 Å². The van der Waals surface area contributed by atoms with E-state index in [1.54, 1.807) is 0 Å². The maximum atomic E-state index is 12.1. The molecule has 2 fully saturated rings. The third kappa shape index (κ3) is 2.99. The first-order chi connectivity index (χ1) is 8.22. The fourth-order valence-electron chi connectivity index (χ4n) is 2.97. The predicted octanol–water partition coefficient (Wildman–Crippen LogP) is 1.14. The molecular weight excluding hydrogens is 216 g/mol. The van der Waals surface area contributed by atoms with Crippen molar-refractivity contribution in [1.82, 2.24) is 4.90 Å². The minimum absolute atomic E-state index is 0.158. The molecular formula is C13H24N2O2. The zero-order valence-corrected chi connectivity index (χ0v) is 10.7. The lowest BCUT2D eigenvalue weighted by Crippen LogP contribution is -2.40. The van der Waals surface area contributed by atoms with Gasteiger partial charge < -0.3 is 15.4 Å². The Balaban J connectivity index is 1.83. The van der Waals surface area contributed by atoms with Crippen molar-refractivity contribution in [1.29, 1.82) is 0 Å². The smallest absolute Gasteiger partial charge is 0.251 e. The van der Waals surface area contributed by atoms with Crippen LogP contribution in [0.2, 0.25) is 0 Å². The van der Waals surface area contributed by atoms with E-state index >= 15 is 0 Å². The lowest BCUT2D eigenvalue weighted by Gasteiger charge is -2.26. The van der Waals surface area contributed by atoms with Crippen molar-refractivity contribution in [3.8, 4) is 0 Å². The zero-order chi connectivity index (χ0) is 12.3. The van der Waals surface area contributed by atoms with E-state index in [2.05, 4.69) is 0 Å². The number of likely N-dealkylation sites (tertiary alicyclic amines) is 1. The van der Waals surface area contributed by atoms with Crippen LogP contribution in [0.25, 0.3) is 0 Å². The molecule has 0 aromatic heterocycles. The van der Waals surface area contributed by atoms with Gasteiger partial charge in [-0.05, 0) is 45.1 Å². The van der Waals surface area contributed by atoms with Crippen LogP contribution in [0.1, 0.15) is 39.0 Å². The van der Waals surface area contributed by atoms with E-state index in [0.717, 1.165) is 38.8 Å². The van der Waals surface area contributed by atoms with Crippen molar-refractivity contribution in [2.45, 2.75) is 51.2 Å². The molecule has 3 unspecified atom stereocenters. The summed E-state index contributed by atoms with van der Waals surface area (Å²) in [7, 11) is 0. The van der Waals surface area contributed by atoms with E-state index in [4.69, 9.17) is 10.5 Å². The largest absolute Gasteiger partial charge is 0.365 e. The highest BCUT2D eigenvalue weighted by Crippen LogP contribution is 2.28. The van der Waals surface area contributed by atoms with Gasteiger partial charge in [-0.15, -0.1) is 0 Å². The van der Waals surface area contributed by atoms with Gasteiger partial charge in [-0.3, -0.25) is 4.79 Å². The van der Waals surface area contributed by atoms with Crippen LogP contribution in [0, 0.1) is 5.92 Å². The first-order valence-corrected chi connectivity index (χ1v) is 6.86. The van der Waals surface area contributed by atoms with Crippen molar-refractivity contribution in [2.24, 2.45) is 11.7 Å². The fourth-order valence-corrected chi connectivity index (χ4v) is 2.97. The summed E-state index contributed by atoms with van der Waals surface area (Å²) in [5.41, 5.74) is 5.72. The standard InChI is InChI=1S/C13H24N2O2/c1-10(13(16)15-7-2-3-8-15)17-12-6-4-5-11(12)9-14/h10-12H,2-9,14H2,1H3. The second-order valence-electron chi connectivity index (χ2n) is 5.28. The van der Waals surface area contributed by atoms with E-state index < -0.39 is 0 Å². The maximum Gasteiger partial charge on any atom is 0.251 e. The van der Waals surface area contributed by atoms with Gasteiger partial charge in [0.05, 0.1) is 6.10 Å². The van der Waals surface area contributed by atoms with Gasteiger partial charge in [0.15, 0.2) is 0 Å². The number of nitrogens with two attached hydrogens (primary N) is 1. The molecule has 98 valence electrons. The quantitative estimate of drug-likeness (QED) is 0.801. The molecule has 1 saturated heterocycles. The summed E-state index contributed by atoms with van der Waals surface area (Å²) in [5, 5.41) is 0. The van der Waals surface area contributed by atoms with Crippen LogP contribution in [-0.2, 0) is 9.53 Å². The third-order valence-corrected chi connectivity index (χ3v) is 4.04. The van der Waals surface area contributed by atoms with Gasteiger partial charge in [-0.1, -0.05) is 6.42 Å². The Morgan fingerprint density at radius 2 is 2.06 bits per heavy atom. The van der Waals surface area contributed by atoms with Crippen molar-refractivity contribution in [2.75, 3.05) is 19.6 Å². The summed E-state index contributed by atoms with van der Waals surface area (Å²) in [6.07, 6.45) is 5.54. The molecule has 2 rings (SSSR count). The molecule has 2 aliphatic rings. The van der Waals surface area contributed by atoms with Gasteiger partial charge in [0.2, 0.25) is 0 Å². The summed E-state index contributed by atoms with van der Waals surface area (Å²) < 4.78 is 5.92. The summed E-state index contributed by atoms with van der Waals surface area (Å²) in [6, 6.07) is 0. The number of nitrogens with zero attached hydrogens (tertiary/aromatic N) is 1. The minimum atomic E-state index is -0.301. The fraction of sp³-hybridized carbons (Fsp3) is 0.923. The van der Waals surface area contributed by atoms with Gasteiger partial charge in [0.1, 0.15) is 6.10 Å². The molecule has 4 heteroatoms. The van der Waals surface area contributed by atoms with Gasteiger partial charge in [0, 0.05) is 13.1 Å². The van der Waals surface area contributed by atoms with E-state index in [1.807, 2.05) is 11.8 Å². The zero-order valence-electron chi connectivity index (χ0n) is 10.7. The lowest BCUT2D eigenvalue weighted by atomic mass is 10.1. The molecule has 4 nitrogen and oxygen atoms in total. The Hall–Kier alpha value is -0.610. The number of carbonyl (C=O) groups is 1. The average molecular weight is 240 g/mol. The van der Waals surface area contributed by atoms with E-state index in [9.17, 15) is 4.79 Å². The molecule has 1 heterocycles. The Morgan fingerprint density at radius 3 is 2.71 bits per heavy atom. The van der Waals surface area contributed by atoms with Crippen LogP contribution >= 0.6 is 0 Å². The summed E-state index contributed by atoms with van der Waals surface area (Å²) in [6.45, 7) is 4.36. The number of hydrogen-bond acceptors (Lipinski definition) is 3. The van der Waals surface area contributed by atoms with Crippen LogP contribution < -0.4 is 5.73 Å². The summed E-state index contributed by atoms with van der Waals surface area (Å²) >= 11 is 0. The van der Waals surface area contributed by atoms with Gasteiger partial charge in [0.25, 0.3) is 5.91 Å². The van der Waals surface area contributed by atoms with E-state index in [0.29, 0.717) is 12.5 Å². The molecule has 0 radical (unpaired) electrons. The van der Waals surface area contributed by atoms with Crippen LogP contribution in [0.5, 0.6) is 0 Å². The summed E-state index contributed by atoms with van der Waals surface area (Å²) in [4.78, 5) is 14.0. The number of carbonyl (C=O) groups excluding carboxylic acids is 1. The van der Waals surface area contributed by atoms with Gasteiger partial charge in [-0.25, -0.2) is 0 Å². The van der Waals surface area contributed by atoms with Crippen molar-refractivity contribution < 1.29 is 9.53 Å². The monoisotopic (exact) mass is 240 g/mol. The highest BCUT2D eigenvalue weighted by Gasteiger charge is 2.31. The molecule has 1 amide bonds. The minimum Gasteiger partial charge on any atom is -0.365 e. The molecule has 3 atom stereocenters. The number of hydrogen-bond donors (Lipinski definition) is 1. The second-order valence-corrected chi connectivity index (χ2v) is 5.28. The second kappa shape index (κ2) is 5.83. The normalized spacial score (nSPS) is 30.8. The number of rotatable bonds is 4. The third-order valence-electron chi connectivity index (χ3n) is 4.04. The molecule has 0 aromatic rings. The molecule has 2 N–H and O–H groups in total. The van der Waals surface area contributed by atoms with Crippen molar-refractivity contribution >= 4 is 5.91 Å². The number of amides is 1. The Morgan fingerprint density at radius 1 is 1.35 bits per heavy atom. The predicted molar refractivity (Wildman–Crippen MR) is 66.5 cm³/mol. The maximum absolute atomic E-state index is 12.1. The van der Waals surface area contributed by atoms with Gasteiger partial charge >= 0.3 is 0 Å². The molecule has 0 bridgehead atoms. The van der Waals surface area contributed by atoms with Crippen LogP contribution in [-0.4, -0.2) is 42.6 Å². The Kier molecular flexibility index (Phi) is 4.40. The topological polar surface area (TPSA) is 55.6 Å². The highest BCUT2D eigenvalue weighted by molar-refractivity contribution is 5.80. The molecule has 17 heavy (non-hydrogen) atoms. The Bertz CT molecular complexity index is 264. The van der Waals surface area contributed by atoms with Crippen molar-refractivity contribution in [3.63, 3.8) is 0 Å². The van der Waals surface area contributed by atoms with Crippen LogP contribution in [0.15, 0.2) is 0 Å². The number of ether oxygens (including phenoxy) is 1. The summed E-state index contributed by atoms with van der Waals surface area (Å²) in [5.74, 6) is 0.606.